The van der Waals surface area contributed by atoms with Crippen LogP contribution in [-0.2, 0) is 4.74 Å². The number of aromatic amines is 1. The van der Waals surface area contributed by atoms with E-state index in [2.05, 4.69) is 16.9 Å². The van der Waals surface area contributed by atoms with Gasteiger partial charge in [0.1, 0.15) is 11.6 Å². The van der Waals surface area contributed by atoms with Gasteiger partial charge in [-0.3, -0.25) is 0 Å². The molecule has 5 heteroatoms. The lowest BCUT2D eigenvalue weighted by Crippen LogP contribution is -2.00. The molecule has 0 bridgehead atoms. The Balaban J connectivity index is 0.00000145. The molecule has 0 unspecified atom stereocenters. The number of hydrogen-bond acceptors (Lipinski definition) is 4. The maximum Gasteiger partial charge on any atom is 0.337 e. The van der Waals surface area contributed by atoms with E-state index in [4.69, 9.17) is 9.47 Å². The molecule has 1 heterocycles. The summed E-state index contributed by atoms with van der Waals surface area (Å²) in [6.45, 7) is 6.93. The van der Waals surface area contributed by atoms with Crippen LogP contribution in [0.25, 0.3) is 22.6 Å². The van der Waals surface area contributed by atoms with Crippen LogP contribution in [0.4, 0.5) is 0 Å². The predicted molar refractivity (Wildman–Crippen MR) is 117 cm³/mol. The summed E-state index contributed by atoms with van der Waals surface area (Å²) in [4.78, 5) is 19.3. The molecule has 1 aromatic heterocycles. The van der Waals surface area contributed by atoms with Gasteiger partial charge in [0.25, 0.3) is 0 Å². The summed E-state index contributed by atoms with van der Waals surface area (Å²) in [5.74, 6) is 1.29. The van der Waals surface area contributed by atoms with E-state index in [1.807, 2.05) is 50.2 Å². The molecule has 2 aromatic carbocycles. The largest absolute Gasteiger partial charge is 0.494 e. The third-order valence-electron chi connectivity index (χ3n) is 4.34. The molecule has 29 heavy (non-hydrogen) atoms. The number of H-pyrrole nitrogens is 1. The van der Waals surface area contributed by atoms with Gasteiger partial charge in [-0.05, 0) is 48.4 Å². The van der Waals surface area contributed by atoms with Crippen molar-refractivity contribution in [3.05, 3.63) is 60.3 Å². The van der Waals surface area contributed by atoms with Crippen LogP contribution >= 0.6 is 0 Å². The number of benzene rings is 2. The third kappa shape index (κ3) is 6.21. The van der Waals surface area contributed by atoms with Crippen LogP contribution in [0, 0.1) is 0 Å². The summed E-state index contributed by atoms with van der Waals surface area (Å²) >= 11 is 0. The zero-order chi connectivity index (χ0) is 21.1. The minimum atomic E-state index is -0.348. The van der Waals surface area contributed by atoms with Gasteiger partial charge in [-0.25, -0.2) is 9.78 Å². The fourth-order valence-corrected chi connectivity index (χ4v) is 2.77. The highest BCUT2D eigenvalue weighted by molar-refractivity contribution is 5.89. The molecule has 0 saturated carbocycles. The quantitative estimate of drug-likeness (QED) is 0.369. The molecule has 154 valence electrons. The highest BCUT2D eigenvalue weighted by atomic mass is 16.5. The van der Waals surface area contributed by atoms with Gasteiger partial charge >= 0.3 is 5.97 Å². The van der Waals surface area contributed by atoms with Gasteiger partial charge in [0.05, 0.1) is 31.2 Å². The second kappa shape index (κ2) is 11.7. The lowest BCUT2D eigenvalue weighted by Gasteiger charge is -2.06. The number of rotatable bonds is 8. The van der Waals surface area contributed by atoms with Crippen molar-refractivity contribution in [2.45, 2.75) is 40.0 Å². The molecular weight excluding hydrogens is 364 g/mol. The maximum absolute atomic E-state index is 11.5. The number of nitrogens with zero attached hydrogens (tertiary/aromatic N) is 1. The Morgan fingerprint density at radius 2 is 1.62 bits per heavy atom. The van der Waals surface area contributed by atoms with Gasteiger partial charge in [-0.15, -0.1) is 0 Å². The normalized spacial score (nSPS) is 10.1. The van der Waals surface area contributed by atoms with E-state index in [1.54, 1.807) is 18.3 Å². The number of hydrogen-bond donors (Lipinski definition) is 1. The van der Waals surface area contributed by atoms with Crippen molar-refractivity contribution in [3.63, 3.8) is 0 Å². The minimum absolute atomic E-state index is 0.348. The van der Waals surface area contributed by atoms with Crippen LogP contribution in [0.3, 0.4) is 0 Å². The number of nitrogens with one attached hydrogen (secondary N) is 1. The van der Waals surface area contributed by atoms with Crippen molar-refractivity contribution in [1.29, 1.82) is 0 Å². The van der Waals surface area contributed by atoms with E-state index in [-0.39, 0.29) is 5.97 Å². The summed E-state index contributed by atoms with van der Waals surface area (Å²) in [6.07, 6.45) is 5.27. The van der Waals surface area contributed by atoms with Gasteiger partial charge in [0, 0.05) is 5.56 Å². The SMILES string of the molecule is CC.CCCCCOc1ccc(-c2cnc(-c3ccc(C(=O)OC)cc3)[nH]2)cc1. The monoisotopic (exact) mass is 394 g/mol. The molecule has 0 aliphatic carbocycles. The van der Waals surface area contributed by atoms with Gasteiger partial charge in [0.2, 0.25) is 0 Å². The molecule has 0 aliphatic heterocycles. The van der Waals surface area contributed by atoms with Gasteiger partial charge < -0.3 is 14.5 Å². The Labute approximate surface area is 173 Å². The van der Waals surface area contributed by atoms with Crippen molar-refractivity contribution < 1.29 is 14.3 Å². The third-order valence-corrected chi connectivity index (χ3v) is 4.34. The Morgan fingerprint density at radius 1 is 0.966 bits per heavy atom. The number of esters is 1. The van der Waals surface area contributed by atoms with Gasteiger partial charge in [-0.1, -0.05) is 45.7 Å². The van der Waals surface area contributed by atoms with Crippen LogP contribution in [0.1, 0.15) is 50.4 Å². The number of aromatic nitrogens is 2. The van der Waals surface area contributed by atoms with Crippen molar-refractivity contribution in [1.82, 2.24) is 9.97 Å². The van der Waals surface area contributed by atoms with Crippen LogP contribution in [0.15, 0.2) is 54.7 Å². The average Bonchev–Trinajstić information content (AvgIpc) is 3.28. The number of unbranched alkanes of at least 4 members (excludes halogenated alkanes) is 2. The number of carbonyl (C=O) groups is 1. The number of ether oxygens (including phenoxy) is 2. The van der Waals surface area contributed by atoms with Crippen LogP contribution in [0.2, 0.25) is 0 Å². The van der Waals surface area contributed by atoms with Gasteiger partial charge in [-0.2, -0.15) is 0 Å². The Bertz CT molecular complexity index is 868. The standard InChI is InChI=1S/C22H24N2O3.C2H6/c1-3-4-5-14-27-19-12-10-16(11-13-19)20-15-23-21(24-20)17-6-8-18(9-7-17)22(25)26-2;1-2/h6-13,15H,3-5,14H2,1-2H3,(H,23,24);1-2H3. The fourth-order valence-electron chi connectivity index (χ4n) is 2.77. The van der Waals surface area contributed by atoms with Crippen LogP contribution in [0.5, 0.6) is 5.75 Å². The number of carbonyl (C=O) groups excluding carboxylic acids is 1. The predicted octanol–water partition coefficient (Wildman–Crippen LogP) is 6.13. The smallest absolute Gasteiger partial charge is 0.337 e. The van der Waals surface area contributed by atoms with E-state index in [0.717, 1.165) is 41.4 Å². The van der Waals surface area contributed by atoms with Crippen LogP contribution < -0.4 is 4.74 Å². The number of methoxy groups -OCH3 is 1. The van der Waals surface area contributed by atoms with Crippen molar-refractivity contribution >= 4 is 5.97 Å². The first kappa shape index (κ1) is 22.2. The van der Waals surface area contributed by atoms with Crippen molar-refractivity contribution in [3.8, 4) is 28.4 Å². The molecule has 0 radical (unpaired) electrons. The molecular formula is C24H30N2O3. The Kier molecular flexibility index (Phi) is 8.96. The highest BCUT2D eigenvalue weighted by Crippen LogP contribution is 2.24. The summed E-state index contributed by atoms with van der Waals surface area (Å²) in [6, 6.07) is 15.2. The van der Waals surface area contributed by atoms with Gasteiger partial charge in [0.15, 0.2) is 0 Å². The molecule has 0 amide bonds. The molecule has 5 nitrogen and oxygen atoms in total. The highest BCUT2D eigenvalue weighted by Gasteiger charge is 2.08. The van der Waals surface area contributed by atoms with E-state index in [9.17, 15) is 4.79 Å². The first-order valence-electron chi connectivity index (χ1n) is 10.2. The topological polar surface area (TPSA) is 64.2 Å². The van der Waals surface area contributed by atoms with E-state index in [1.165, 1.54) is 20.0 Å². The summed E-state index contributed by atoms with van der Waals surface area (Å²) in [5, 5.41) is 0. The molecule has 1 N–H and O–H groups in total. The Hall–Kier alpha value is -3.08. The van der Waals surface area contributed by atoms with E-state index in [0.29, 0.717) is 5.56 Å². The molecule has 0 saturated heterocycles. The maximum atomic E-state index is 11.5. The van der Waals surface area contributed by atoms with Crippen molar-refractivity contribution in [2.24, 2.45) is 0 Å². The lowest BCUT2D eigenvalue weighted by atomic mass is 10.1. The lowest BCUT2D eigenvalue weighted by molar-refractivity contribution is 0.0600. The molecule has 0 spiro atoms. The first-order chi connectivity index (χ1) is 14.2. The Morgan fingerprint density at radius 3 is 2.24 bits per heavy atom. The first-order valence-corrected chi connectivity index (χ1v) is 10.2. The van der Waals surface area contributed by atoms with E-state index >= 15 is 0 Å². The van der Waals surface area contributed by atoms with Crippen molar-refractivity contribution in [2.75, 3.05) is 13.7 Å². The summed E-state index contributed by atoms with van der Waals surface area (Å²) in [5.41, 5.74) is 3.40. The molecule has 0 fully saturated rings. The molecule has 3 aromatic rings. The second-order valence-electron chi connectivity index (χ2n) is 6.29. The fraction of sp³-hybridized carbons (Fsp3) is 0.333. The second-order valence-corrected chi connectivity index (χ2v) is 6.29. The number of imidazole rings is 1. The van der Waals surface area contributed by atoms with E-state index < -0.39 is 0 Å². The zero-order valence-electron chi connectivity index (χ0n) is 17.7. The molecule has 0 atom stereocenters. The zero-order valence-corrected chi connectivity index (χ0v) is 17.7. The minimum Gasteiger partial charge on any atom is -0.494 e. The average molecular weight is 395 g/mol. The molecule has 3 rings (SSSR count). The summed E-state index contributed by atoms with van der Waals surface area (Å²) in [7, 11) is 1.37. The summed E-state index contributed by atoms with van der Waals surface area (Å²) < 4.78 is 10.5. The molecule has 0 aliphatic rings. The van der Waals surface area contributed by atoms with Crippen LogP contribution in [-0.4, -0.2) is 29.7 Å².